The molecule has 1 aromatic heterocycles. The zero-order chi connectivity index (χ0) is 29.5. The van der Waals surface area contributed by atoms with Crippen molar-refractivity contribution in [3.8, 4) is 28.1 Å². The highest BCUT2D eigenvalue weighted by atomic mass is 15.0. The molecule has 1 heteroatoms. The van der Waals surface area contributed by atoms with Gasteiger partial charge in [0.25, 0.3) is 0 Å². The molecule has 4 aliphatic rings. The maximum atomic E-state index is 2.61. The molecular weight excluding hydrogens is 542 g/mol. The average molecular weight is 572 g/mol. The van der Waals surface area contributed by atoms with Gasteiger partial charge in [0.05, 0.1) is 16.7 Å². The van der Waals surface area contributed by atoms with E-state index < -0.39 is 0 Å². The highest BCUT2D eigenvalue weighted by Crippen LogP contribution is 2.47. The molecule has 0 fully saturated rings. The fourth-order valence-corrected chi connectivity index (χ4v) is 8.18. The Hall–Kier alpha value is -5.66. The van der Waals surface area contributed by atoms with Gasteiger partial charge in [-0.2, -0.15) is 0 Å². The van der Waals surface area contributed by atoms with Crippen LogP contribution in [0.5, 0.6) is 0 Å². The Morgan fingerprint density at radius 3 is 2.16 bits per heavy atom. The van der Waals surface area contributed by atoms with Crippen LogP contribution >= 0.6 is 0 Å². The first-order valence-corrected chi connectivity index (χ1v) is 15.9. The largest absolute Gasteiger partial charge is 0.308 e. The third-order valence-electron chi connectivity index (χ3n) is 10.0. The lowest BCUT2D eigenvalue weighted by molar-refractivity contribution is 0.878. The van der Waals surface area contributed by atoms with E-state index in [1.807, 2.05) is 0 Å². The van der Waals surface area contributed by atoms with Gasteiger partial charge in [-0.3, -0.25) is 0 Å². The Bertz CT molecular complexity index is 2530. The van der Waals surface area contributed by atoms with Gasteiger partial charge >= 0.3 is 0 Å². The molecule has 0 N–H and O–H groups in total. The quantitative estimate of drug-likeness (QED) is 0.187. The number of fused-ring (bicyclic) bond motifs is 4. The molecule has 210 valence electrons. The predicted octanol–water partition coefficient (Wildman–Crippen LogP) is 9.37. The summed E-state index contributed by atoms with van der Waals surface area (Å²) in [6, 6.07) is 42.1. The lowest BCUT2D eigenvalue weighted by Gasteiger charge is -2.35. The number of rotatable bonds is 3. The molecule has 10 rings (SSSR count). The molecule has 4 aliphatic carbocycles. The number of hydrogen-bond acceptors (Lipinski definition) is 0. The first-order chi connectivity index (χ1) is 22.3. The fourth-order valence-electron chi connectivity index (χ4n) is 8.18. The zero-order valence-electron chi connectivity index (χ0n) is 24.7. The van der Waals surface area contributed by atoms with E-state index in [-0.39, 0.29) is 5.92 Å². The van der Waals surface area contributed by atoms with Gasteiger partial charge < -0.3 is 4.57 Å². The third-order valence-corrected chi connectivity index (χ3v) is 10.0. The number of aromatic nitrogens is 1. The maximum Gasteiger partial charge on any atom is 0.0619 e. The molecule has 0 aliphatic heterocycles. The van der Waals surface area contributed by atoms with Crippen molar-refractivity contribution < 1.29 is 0 Å². The second-order valence-electron chi connectivity index (χ2n) is 12.4. The molecule has 0 radical (unpaired) electrons. The molecule has 1 nitrogen and oxygen atoms in total. The van der Waals surface area contributed by atoms with E-state index in [0.717, 1.165) is 6.42 Å². The van der Waals surface area contributed by atoms with Crippen molar-refractivity contribution in [1.82, 2.24) is 4.57 Å². The normalized spacial score (nSPS) is 17.6. The Labute approximate surface area is 262 Å². The molecule has 0 saturated heterocycles. The standard InChI is InChI=1S/C44H29N/c1-3-12-28(13-4-1)42-38-26-33-23-22-29-17-11-18-30-24-25-37(41(33)40(29)30)44(38)45(43(42)31-14-5-2-6-15-31)39-27-32-16-7-8-19-34(32)35-20-9-10-21-36(35)39/h1-16,18-27,41H,17H2. The summed E-state index contributed by atoms with van der Waals surface area (Å²) in [6.07, 6.45) is 17.6. The second kappa shape index (κ2) is 9.42. The van der Waals surface area contributed by atoms with Crippen molar-refractivity contribution in [2.75, 3.05) is 0 Å². The Morgan fingerprint density at radius 1 is 0.622 bits per heavy atom. The molecule has 0 amide bonds. The number of hydrogen-bond donors (Lipinski definition) is 0. The molecule has 0 saturated carbocycles. The number of nitrogens with zero attached hydrogens (tertiary/aromatic N) is 1. The van der Waals surface area contributed by atoms with E-state index in [9.17, 15) is 0 Å². The topological polar surface area (TPSA) is 4.93 Å². The summed E-state index contributed by atoms with van der Waals surface area (Å²) < 4.78 is 2.61. The van der Waals surface area contributed by atoms with E-state index in [4.69, 9.17) is 0 Å². The molecule has 45 heavy (non-hydrogen) atoms. The van der Waals surface area contributed by atoms with Crippen LogP contribution in [0.2, 0.25) is 0 Å². The van der Waals surface area contributed by atoms with Crippen molar-refractivity contribution in [2.24, 2.45) is 5.92 Å². The highest BCUT2D eigenvalue weighted by Gasteiger charge is 2.36. The van der Waals surface area contributed by atoms with Crippen LogP contribution in [0, 0.1) is 5.92 Å². The summed E-state index contributed by atoms with van der Waals surface area (Å²) in [6.45, 7) is 0. The molecular formula is C44H29N. The van der Waals surface area contributed by atoms with Crippen molar-refractivity contribution >= 4 is 33.2 Å². The molecule has 0 bridgehead atoms. The van der Waals surface area contributed by atoms with Crippen LogP contribution in [0.4, 0.5) is 0 Å². The minimum absolute atomic E-state index is 0.232. The predicted molar refractivity (Wildman–Crippen MR) is 188 cm³/mol. The summed E-state index contributed by atoms with van der Waals surface area (Å²) in [5.74, 6) is 0.232. The zero-order valence-corrected chi connectivity index (χ0v) is 24.7. The lowest BCUT2D eigenvalue weighted by Crippen LogP contribution is -2.39. The van der Waals surface area contributed by atoms with Gasteiger partial charge in [0.1, 0.15) is 0 Å². The molecule has 5 aromatic carbocycles. The minimum Gasteiger partial charge on any atom is -0.308 e. The summed E-state index contributed by atoms with van der Waals surface area (Å²) in [5.41, 5.74) is 13.2. The van der Waals surface area contributed by atoms with Crippen molar-refractivity contribution in [2.45, 2.75) is 6.42 Å². The summed E-state index contributed by atoms with van der Waals surface area (Å²) in [7, 11) is 0. The van der Waals surface area contributed by atoms with Gasteiger partial charge in [-0.05, 0) is 73.7 Å². The van der Waals surface area contributed by atoms with Crippen molar-refractivity contribution in [3.63, 3.8) is 0 Å². The molecule has 1 heterocycles. The molecule has 6 aromatic rings. The Morgan fingerprint density at radius 2 is 1.33 bits per heavy atom. The molecule has 0 spiro atoms. The van der Waals surface area contributed by atoms with Gasteiger partial charge in [-0.25, -0.2) is 0 Å². The van der Waals surface area contributed by atoms with Crippen LogP contribution in [0.1, 0.15) is 6.42 Å². The Kier molecular flexibility index (Phi) is 5.18. The molecule has 1 unspecified atom stereocenters. The van der Waals surface area contributed by atoms with Gasteiger partial charge in [0.15, 0.2) is 0 Å². The van der Waals surface area contributed by atoms with Gasteiger partial charge in [0.2, 0.25) is 0 Å². The minimum atomic E-state index is 0.232. The second-order valence-corrected chi connectivity index (χ2v) is 12.4. The van der Waals surface area contributed by atoms with Crippen LogP contribution in [0.25, 0.3) is 61.3 Å². The monoisotopic (exact) mass is 571 g/mol. The van der Waals surface area contributed by atoms with Gasteiger partial charge in [-0.1, -0.05) is 146 Å². The summed E-state index contributed by atoms with van der Waals surface area (Å²) >= 11 is 0. The van der Waals surface area contributed by atoms with Crippen LogP contribution < -0.4 is 10.6 Å². The average Bonchev–Trinajstić information content (AvgIpc) is 3.45. The van der Waals surface area contributed by atoms with E-state index in [1.54, 1.807) is 0 Å². The van der Waals surface area contributed by atoms with Crippen LogP contribution in [-0.2, 0) is 0 Å². The van der Waals surface area contributed by atoms with Gasteiger partial charge in [0, 0.05) is 22.1 Å². The number of allylic oxidation sites excluding steroid dienone is 10. The van der Waals surface area contributed by atoms with Crippen LogP contribution in [-0.4, -0.2) is 4.57 Å². The molecule has 1 atom stereocenters. The van der Waals surface area contributed by atoms with E-state index in [0.29, 0.717) is 0 Å². The summed E-state index contributed by atoms with van der Waals surface area (Å²) in [5, 5.41) is 7.68. The maximum absolute atomic E-state index is 2.61. The number of benzene rings is 5. The SMILES string of the molecule is C1=CC2=C3C(=CC=C4C=c5c(-c6ccccc6)c(-c6ccccc6)n(-c6cc7ccccc7c7ccccc67)c5=C(C=C2)C43)C1. The smallest absolute Gasteiger partial charge is 0.0619 e. The van der Waals surface area contributed by atoms with Crippen LogP contribution in [0.15, 0.2) is 174 Å². The fraction of sp³-hybridized carbons (Fsp3) is 0.0455. The summed E-state index contributed by atoms with van der Waals surface area (Å²) in [4.78, 5) is 0. The first kappa shape index (κ1) is 24.7. The van der Waals surface area contributed by atoms with Crippen LogP contribution in [0.3, 0.4) is 0 Å². The highest BCUT2D eigenvalue weighted by molar-refractivity contribution is 6.11. The van der Waals surface area contributed by atoms with E-state index in [1.165, 1.54) is 88.0 Å². The van der Waals surface area contributed by atoms with Crippen molar-refractivity contribution in [3.05, 3.63) is 185 Å². The Balaban J connectivity index is 1.46. The van der Waals surface area contributed by atoms with E-state index >= 15 is 0 Å². The van der Waals surface area contributed by atoms with Gasteiger partial charge in [-0.15, -0.1) is 0 Å². The van der Waals surface area contributed by atoms with E-state index in [2.05, 4.69) is 162 Å². The van der Waals surface area contributed by atoms with Crippen molar-refractivity contribution in [1.29, 1.82) is 0 Å². The first-order valence-electron chi connectivity index (χ1n) is 15.9. The lowest BCUT2D eigenvalue weighted by atomic mass is 9.69. The third kappa shape index (κ3) is 3.50.